The van der Waals surface area contributed by atoms with E-state index in [4.69, 9.17) is 14.2 Å². The number of nitrogens with zero attached hydrogens (tertiary/aromatic N) is 1. The second-order valence-corrected chi connectivity index (χ2v) is 10.8. The molecule has 1 saturated heterocycles. The maximum Gasteiger partial charge on any atom is 0.254 e. The molecule has 2 amide bonds. The van der Waals surface area contributed by atoms with Crippen molar-refractivity contribution in [2.75, 3.05) is 32.3 Å². The zero-order valence-electron chi connectivity index (χ0n) is 22.1. The number of amides is 2. The second-order valence-electron chi connectivity index (χ2n) is 9.88. The lowest BCUT2D eigenvalue weighted by molar-refractivity contribution is -0.138. The van der Waals surface area contributed by atoms with E-state index in [1.807, 2.05) is 30.3 Å². The lowest BCUT2D eigenvalue weighted by Crippen LogP contribution is -2.65. The highest BCUT2D eigenvalue weighted by Gasteiger charge is 2.52. The number of ether oxygens (including phenoxy) is 3. The van der Waals surface area contributed by atoms with Crippen LogP contribution in [-0.2, 0) is 20.9 Å². The molecule has 1 spiro atoms. The van der Waals surface area contributed by atoms with E-state index in [-0.39, 0.29) is 24.1 Å². The number of halogens is 2. The van der Waals surface area contributed by atoms with Crippen LogP contribution in [0.15, 0.2) is 53.0 Å². The van der Waals surface area contributed by atoms with Crippen molar-refractivity contribution in [1.29, 1.82) is 0 Å². The van der Waals surface area contributed by atoms with Gasteiger partial charge in [0.25, 0.3) is 5.91 Å². The van der Waals surface area contributed by atoms with Gasteiger partial charge in [-0.3, -0.25) is 9.59 Å². The number of anilines is 1. The van der Waals surface area contributed by atoms with Gasteiger partial charge in [-0.1, -0.05) is 28.1 Å². The number of carbonyl (C=O) groups excluding carboxylic acids is 2. The Bertz CT molecular complexity index is 1410. The van der Waals surface area contributed by atoms with Gasteiger partial charge < -0.3 is 29.7 Å². The largest absolute Gasteiger partial charge is 0.496 e. The van der Waals surface area contributed by atoms with Crippen molar-refractivity contribution in [2.24, 2.45) is 0 Å². The predicted molar refractivity (Wildman–Crippen MR) is 150 cm³/mol. The summed E-state index contributed by atoms with van der Waals surface area (Å²) in [6.45, 7) is 2.52. The van der Waals surface area contributed by atoms with E-state index >= 15 is 0 Å². The van der Waals surface area contributed by atoms with Gasteiger partial charge in [0.15, 0.2) is 0 Å². The molecule has 0 aliphatic carbocycles. The van der Waals surface area contributed by atoms with Crippen LogP contribution in [0.4, 0.5) is 10.1 Å². The number of hydrogen-bond donors (Lipinski definition) is 2. The maximum atomic E-state index is 14.5. The Morgan fingerprint density at radius 2 is 1.97 bits per heavy atom. The number of rotatable bonds is 6. The summed E-state index contributed by atoms with van der Waals surface area (Å²) >= 11 is 3.52. The number of methoxy groups -OCH3 is 1. The third-order valence-electron chi connectivity index (χ3n) is 7.60. The van der Waals surface area contributed by atoms with Crippen LogP contribution >= 0.6 is 15.9 Å². The molecule has 0 aromatic heterocycles. The normalized spacial score (nSPS) is 19.3. The number of hydrogen-bond acceptors (Lipinski definition) is 6. The summed E-state index contributed by atoms with van der Waals surface area (Å²) in [6.07, 6.45) is 0.708. The fraction of sp³-hybridized carbons (Fsp3) is 0.379. The zero-order valence-corrected chi connectivity index (χ0v) is 23.6. The van der Waals surface area contributed by atoms with Gasteiger partial charge in [-0.25, -0.2) is 4.39 Å². The average molecular weight is 600 g/mol. The van der Waals surface area contributed by atoms with Gasteiger partial charge in [-0.2, -0.15) is 0 Å². The summed E-state index contributed by atoms with van der Waals surface area (Å²) in [5.41, 5.74) is 0.0910. The van der Waals surface area contributed by atoms with Crippen molar-refractivity contribution in [3.05, 3.63) is 64.4 Å². The van der Waals surface area contributed by atoms with Crippen molar-refractivity contribution in [2.45, 2.75) is 44.0 Å². The molecule has 2 unspecified atom stereocenters. The molecule has 1 fully saturated rings. The van der Waals surface area contributed by atoms with Gasteiger partial charge in [0.05, 0.1) is 38.6 Å². The summed E-state index contributed by atoms with van der Waals surface area (Å²) in [5.74, 6) is -0.324. The minimum absolute atomic E-state index is 0.115. The molecule has 3 aromatic rings. The van der Waals surface area contributed by atoms with Gasteiger partial charge in [0.2, 0.25) is 5.91 Å². The van der Waals surface area contributed by atoms with Crippen LogP contribution in [0.1, 0.15) is 25.3 Å². The monoisotopic (exact) mass is 599 g/mol. The van der Waals surface area contributed by atoms with Gasteiger partial charge in [0.1, 0.15) is 29.0 Å². The van der Waals surface area contributed by atoms with Crippen molar-refractivity contribution in [1.82, 2.24) is 10.6 Å². The van der Waals surface area contributed by atoms with Crippen LogP contribution in [0, 0.1) is 5.82 Å². The second kappa shape index (κ2) is 11.1. The molecule has 10 heteroatoms. The maximum absolute atomic E-state index is 14.5. The van der Waals surface area contributed by atoms with Crippen LogP contribution in [0.3, 0.4) is 0 Å². The smallest absolute Gasteiger partial charge is 0.254 e. The molecule has 206 valence electrons. The first-order valence-electron chi connectivity index (χ1n) is 12.9. The van der Waals surface area contributed by atoms with E-state index in [0.29, 0.717) is 37.5 Å². The van der Waals surface area contributed by atoms with E-state index in [1.54, 1.807) is 32.0 Å². The Morgan fingerprint density at radius 1 is 1.21 bits per heavy atom. The minimum atomic E-state index is -1.11. The molecule has 2 aliphatic heterocycles. The Hall–Kier alpha value is -3.21. The first-order valence-corrected chi connectivity index (χ1v) is 13.7. The molecule has 2 atom stereocenters. The fourth-order valence-electron chi connectivity index (χ4n) is 5.29. The molecular weight excluding hydrogens is 569 g/mol. The fourth-order valence-corrected chi connectivity index (χ4v) is 5.67. The lowest BCUT2D eigenvalue weighted by atomic mass is 9.84. The molecule has 2 heterocycles. The highest BCUT2D eigenvalue weighted by molar-refractivity contribution is 9.10. The van der Waals surface area contributed by atoms with Crippen molar-refractivity contribution < 1.29 is 28.2 Å². The van der Waals surface area contributed by atoms with Crippen molar-refractivity contribution in [3.8, 4) is 11.5 Å². The van der Waals surface area contributed by atoms with Crippen LogP contribution in [0.25, 0.3) is 10.8 Å². The Labute approximate surface area is 234 Å². The van der Waals surface area contributed by atoms with E-state index in [9.17, 15) is 14.0 Å². The van der Waals surface area contributed by atoms with Crippen LogP contribution in [-0.4, -0.2) is 56.9 Å². The summed E-state index contributed by atoms with van der Waals surface area (Å²) in [4.78, 5) is 29.2. The van der Waals surface area contributed by atoms with Crippen molar-refractivity contribution in [3.63, 3.8) is 0 Å². The number of likely N-dealkylation sites (N-methyl/N-ethyl adjacent to an activating group) is 1. The summed E-state index contributed by atoms with van der Waals surface area (Å²) in [5, 5.41) is 7.74. The third-order valence-corrected chi connectivity index (χ3v) is 8.10. The Morgan fingerprint density at radius 3 is 2.69 bits per heavy atom. The van der Waals surface area contributed by atoms with Gasteiger partial charge in [-0.15, -0.1) is 0 Å². The number of carbonyl (C=O) groups is 2. The first kappa shape index (κ1) is 27.4. The quantitative estimate of drug-likeness (QED) is 0.439. The number of benzene rings is 3. The van der Waals surface area contributed by atoms with Crippen molar-refractivity contribution >= 4 is 44.2 Å². The first-order chi connectivity index (χ1) is 18.8. The number of fused-ring (bicyclic) bond motifs is 2. The average Bonchev–Trinajstić information content (AvgIpc) is 3.01. The highest BCUT2D eigenvalue weighted by Crippen LogP contribution is 2.43. The summed E-state index contributed by atoms with van der Waals surface area (Å²) in [7, 11) is 3.26. The standard InChI is InChI=1S/C29H31BrFN3O5/c1-17(32-2)27(35)33-26-28(36)34(16-22-21-7-5-19(30)14-18(21)4-9-24(22)37-3)23-8-6-20(31)15-25(23)39-29(26)10-12-38-13-11-29/h4-9,14-15,17,26,32H,10-13,16H2,1-3H3,(H,33,35). The van der Waals surface area contributed by atoms with Crippen LogP contribution < -0.4 is 25.0 Å². The van der Waals surface area contributed by atoms with E-state index in [2.05, 4.69) is 26.6 Å². The lowest BCUT2D eigenvalue weighted by Gasteiger charge is -2.41. The molecule has 39 heavy (non-hydrogen) atoms. The van der Waals surface area contributed by atoms with E-state index < -0.39 is 23.5 Å². The van der Waals surface area contributed by atoms with Gasteiger partial charge in [-0.05, 0) is 55.1 Å². The van der Waals surface area contributed by atoms with Gasteiger partial charge >= 0.3 is 0 Å². The topological polar surface area (TPSA) is 89.1 Å². The summed E-state index contributed by atoms with van der Waals surface area (Å²) < 4.78 is 33.3. The Kier molecular flexibility index (Phi) is 7.80. The molecule has 0 saturated carbocycles. The number of nitrogens with one attached hydrogen (secondary N) is 2. The van der Waals surface area contributed by atoms with E-state index in [0.717, 1.165) is 20.8 Å². The SMILES string of the molecule is CNC(C)C(=O)NC1C(=O)N(Cc2c(OC)ccc3cc(Br)ccc23)c2ccc(F)cc2OC12CCOCC2. The molecule has 8 nitrogen and oxygen atoms in total. The molecule has 5 rings (SSSR count). The molecule has 0 radical (unpaired) electrons. The van der Waals surface area contributed by atoms with Crippen LogP contribution in [0.5, 0.6) is 11.5 Å². The Balaban J connectivity index is 1.67. The summed E-state index contributed by atoms with van der Waals surface area (Å²) in [6, 6.07) is 12.3. The van der Waals surface area contributed by atoms with Crippen LogP contribution in [0.2, 0.25) is 0 Å². The molecular formula is C29H31BrFN3O5. The molecule has 3 aromatic carbocycles. The highest BCUT2D eigenvalue weighted by atomic mass is 79.9. The van der Waals surface area contributed by atoms with Gasteiger partial charge in [0, 0.05) is 28.9 Å². The minimum Gasteiger partial charge on any atom is -0.496 e. The molecule has 2 N–H and O–H groups in total. The third kappa shape index (κ3) is 5.20. The molecule has 0 bridgehead atoms. The zero-order chi connectivity index (χ0) is 27.7. The molecule has 2 aliphatic rings. The van der Waals surface area contributed by atoms with E-state index in [1.165, 1.54) is 12.1 Å². The predicted octanol–water partition coefficient (Wildman–Crippen LogP) is 4.32.